The van der Waals surface area contributed by atoms with Gasteiger partial charge in [0.25, 0.3) is 0 Å². The van der Waals surface area contributed by atoms with Crippen molar-refractivity contribution in [3.05, 3.63) is 89.0 Å². The topological polar surface area (TPSA) is 110 Å². The van der Waals surface area contributed by atoms with Gasteiger partial charge in [-0.3, -0.25) is 9.59 Å². The summed E-state index contributed by atoms with van der Waals surface area (Å²) in [5.74, 6) is 1.77. The van der Waals surface area contributed by atoms with Crippen LogP contribution in [-0.2, 0) is 33.7 Å². The molecule has 10 heteroatoms. The smallest absolute Gasteiger partial charge is 0.246 e. The number of nitrogens with zero attached hydrogens (tertiary/aromatic N) is 3. The molecule has 10 nitrogen and oxygen atoms in total. The van der Waals surface area contributed by atoms with Crippen LogP contribution in [0.5, 0.6) is 17.2 Å². The van der Waals surface area contributed by atoms with Crippen LogP contribution in [0.25, 0.3) is 0 Å². The van der Waals surface area contributed by atoms with Crippen LogP contribution in [0, 0.1) is 0 Å². The first-order chi connectivity index (χ1) is 22.9. The molecule has 0 aliphatic carbocycles. The lowest BCUT2D eigenvalue weighted by molar-refractivity contribution is -0.138. The van der Waals surface area contributed by atoms with E-state index in [4.69, 9.17) is 19.9 Å². The molecule has 252 valence electrons. The van der Waals surface area contributed by atoms with Crippen LogP contribution in [-0.4, -0.2) is 106 Å². The number of ether oxygens (including phenoxy) is 3. The number of rotatable bonds is 11. The SMILES string of the molecule is COCC(=O)N[C@H]1Cc2ccc(OC)c(c2)Cc2ccc(cc2)Oc2cccc(c2)CN(CCCN2CCN(CCCN)CC2)C1=O. The van der Waals surface area contributed by atoms with Gasteiger partial charge in [-0.05, 0) is 85.1 Å². The normalized spacial score (nSPS) is 17.6. The monoisotopic (exact) mass is 643 g/mol. The molecule has 3 N–H and O–H groups in total. The fraction of sp³-hybridized carbons (Fsp3) is 0.459. The van der Waals surface area contributed by atoms with Crippen LogP contribution in [0.4, 0.5) is 0 Å². The number of amides is 2. The maximum Gasteiger partial charge on any atom is 0.246 e. The van der Waals surface area contributed by atoms with Gasteiger partial charge in [0.2, 0.25) is 11.8 Å². The lowest BCUT2D eigenvalue weighted by Crippen LogP contribution is -2.51. The van der Waals surface area contributed by atoms with Crippen molar-refractivity contribution < 1.29 is 23.8 Å². The minimum Gasteiger partial charge on any atom is -0.496 e. The predicted octanol–water partition coefficient (Wildman–Crippen LogP) is 3.45. The summed E-state index contributed by atoms with van der Waals surface area (Å²) in [6.07, 6.45) is 2.83. The van der Waals surface area contributed by atoms with Gasteiger partial charge in [0.05, 0.1) is 7.11 Å². The van der Waals surface area contributed by atoms with E-state index in [1.165, 1.54) is 7.11 Å². The minimum atomic E-state index is -0.765. The van der Waals surface area contributed by atoms with Crippen molar-refractivity contribution in [3.63, 3.8) is 0 Å². The van der Waals surface area contributed by atoms with E-state index in [1.54, 1.807) is 7.11 Å². The van der Waals surface area contributed by atoms with E-state index in [2.05, 4.69) is 33.3 Å². The molecule has 47 heavy (non-hydrogen) atoms. The standard InChI is InChI=1S/C37H49N5O5/c1-45-27-36(43)39-34-25-29-10-13-35(46-2)31(23-29)22-28-8-11-32(12-9-28)47-33-7-3-6-30(24-33)26-42(37(34)44)17-5-16-41-20-18-40(19-21-41)15-4-14-38/h3,6-13,23-24,34H,4-5,14-22,25-27,38H2,1-2H3,(H,39,43)/t34-/m0/s1. The van der Waals surface area contributed by atoms with Crippen LogP contribution in [0.2, 0.25) is 0 Å². The molecule has 3 heterocycles. The largest absolute Gasteiger partial charge is 0.496 e. The van der Waals surface area contributed by atoms with Crippen LogP contribution >= 0.6 is 0 Å². The zero-order valence-electron chi connectivity index (χ0n) is 27.8. The summed E-state index contributed by atoms with van der Waals surface area (Å²) in [6, 6.07) is 21.2. The van der Waals surface area contributed by atoms with E-state index >= 15 is 0 Å². The maximum atomic E-state index is 14.4. The van der Waals surface area contributed by atoms with Gasteiger partial charge >= 0.3 is 0 Å². The van der Waals surface area contributed by atoms with E-state index in [0.717, 1.165) is 92.4 Å². The molecule has 3 aromatic carbocycles. The van der Waals surface area contributed by atoms with Gasteiger partial charge in [0, 0.05) is 59.2 Å². The Morgan fingerprint density at radius 1 is 0.872 bits per heavy atom. The van der Waals surface area contributed by atoms with E-state index in [9.17, 15) is 9.59 Å². The number of benzene rings is 3. The molecule has 0 aromatic heterocycles. The number of hydrogen-bond donors (Lipinski definition) is 2. The van der Waals surface area contributed by atoms with Gasteiger partial charge in [0.15, 0.2) is 0 Å². The van der Waals surface area contributed by atoms with Crippen molar-refractivity contribution >= 4 is 11.8 Å². The van der Waals surface area contributed by atoms with Gasteiger partial charge in [-0.15, -0.1) is 0 Å². The molecule has 3 aliphatic rings. The molecule has 1 fully saturated rings. The summed E-state index contributed by atoms with van der Waals surface area (Å²) < 4.78 is 17.0. The molecule has 6 rings (SSSR count). The van der Waals surface area contributed by atoms with Gasteiger partial charge in [-0.2, -0.15) is 0 Å². The molecule has 1 atom stereocenters. The molecule has 3 aliphatic heterocycles. The average Bonchev–Trinajstić information content (AvgIpc) is 3.08. The number of carbonyl (C=O) groups is 2. The fourth-order valence-electron chi connectivity index (χ4n) is 6.38. The summed E-state index contributed by atoms with van der Waals surface area (Å²) in [5.41, 5.74) is 9.71. The Hall–Kier alpha value is -3.96. The van der Waals surface area contributed by atoms with Crippen LogP contribution in [0.15, 0.2) is 66.7 Å². The molecular weight excluding hydrogens is 594 g/mol. The fourth-order valence-corrected chi connectivity index (χ4v) is 6.38. The molecule has 3 aromatic rings. The van der Waals surface area contributed by atoms with Crippen LogP contribution in [0.1, 0.15) is 35.1 Å². The van der Waals surface area contributed by atoms with E-state index in [0.29, 0.717) is 31.7 Å². The molecule has 0 spiro atoms. The summed E-state index contributed by atoms with van der Waals surface area (Å²) in [4.78, 5) is 34.1. The molecular formula is C37H49N5O5. The summed E-state index contributed by atoms with van der Waals surface area (Å²) in [5, 5.41) is 2.98. The number of methoxy groups -OCH3 is 2. The van der Waals surface area contributed by atoms with E-state index < -0.39 is 6.04 Å². The molecule has 6 bridgehead atoms. The second-order valence-electron chi connectivity index (χ2n) is 12.4. The third kappa shape index (κ3) is 10.0. The second-order valence-corrected chi connectivity index (χ2v) is 12.4. The predicted molar refractivity (Wildman–Crippen MR) is 183 cm³/mol. The highest BCUT2D eigenvalue weighted by atomic mass is 16.5. The van der Waals surface area contributed by atoms with Crippen molar-refractivity contribution in [1.29, 1.82) is 0 Å². The molecule has 0 radical (unpaired) electrons. The highest BCUT2D eigenvalue weighted by molar-refractivity contribution is 5.88. The quantitative estimate of drug-likeness (QED) is 0.327. The lowest BCUT2D eigenvalue weighted by atomic mass is 9.97. The Labute approximate surface area is 278 Å². The average molecular weight is 644 g/mol. The first kappa shape index (κ1) is 34.4. The number of carbonyl (C=O) groups excluding carboxylic acids is 2. The number of nitrogens with one attached hydrogen (secondary N) is 1. The van der Waals surface area contributed by atoms with Crippen molar-refractivity contribution in [3.8, 4) is 17.2 Å². The van der Waals surface area contributed by atoms with Crippen LogP contribution < -0.4 is 20.5 Å². The Morgan fingerprint density at radius 2 is 1.60 bits per heavy atom. The molecule has 2 amide bonds. The van der Waals surface area contributed by atoms with E-state index in [1.807, 2.05) is 53.4 Å². The molecule has 0 saturated carbocycles. The van der Waals surface area contributed by atoms with Gasteiger partial charge in [-0.25, -0.2) is 0 Å². The number of nitrogens with two attached hydrogens (primary N) is 1. The third-order valence-electron chi connectivity index (χ3n) is 8.88. The number of hydrogen-bond acceptors (Lipinski definition) is 8. The second kappa shape index (κ2) is 17.3. The number of fused-ring (bicyclic) bond motifs is 6. The first-order valence-electron chi connectivity index (χ1n) is 16.7. The van der Waals surface area contributed by atoms with Gasteiger partial charge < -0.3 is 40.0 Å². The summed E-state index contributed by atoms with van der Waals surface area (Å²) >= 11 is 0. The van der Waals surface area contributed by atoms with Crippen LogP contribution in [0.3, 0.4) is 0 Å². The van der Waals surface area contributed by atoms with E-state index in [-0.39, 0.29) is 18.4 Å². The van der Waals surface area contributed by atoms with Gasteiger partial charge in [-0.1, -0.05) is 36.4 Å². The molecule has 1 saturated heterocycles. The Morgan fingerprint density at radius 3 is 2.30 bits per heavy atom. The Kier molecular flexibility index (Phi) is 12.6. The van der Waals surface area contributed by atoms with Crippen molar-refractivity contribution in [1.82, 2.24) is 20.0 Å². The molecule has 0 unspecified atom stereocenters. The maximum absolute atomic E-state index is 14.4. The number of piperazine rings is 1. The summed E-state index contributed by atoms with van der Waals surface area (Å²) in [6.45, 7) is 7.59. The lowest BCUT2D eigenvalue weighted by Gasteiger charge is -2.35. The highest BCUT2D eigenvalue weighted by Crippen LogP contribution is 2.28. The first-order valence-corrected chi connectivity index (χ1v) is 16.7. The minimum absolute atomic E-state index is 0.121. The summed E-state index contributed by atoms with van der Waals surface area (Å²) in [7, 11) is 3.14. The highest BCUT2D eigenvalue weighted by Gasteiger charge is 2.28. The van der Waals surface area contributed by atoms with Crippen molar-refractivity contribution in [2.75, 3.05) is 73.2 Å². The van der Waals surface area contributed by atoms with Crippen molar-refractivity contribution in [2.24, 2.45) is 5.73 Å². The zero-order chi connectivity index (χ0) is 33.0. The Balaban J connectivity index is 1.41. The van der Waals surface area contributed by atoms with Crippen molar-refractivity contribution in [2.45, 2.75) is 38.3 Å². The third-order valence-corrected chi connectivity index (χ3v) is 8.88. The van der Waals surface area contributed by atoms with Gasteiger partial charge in [0.1, 0.15) is 29.9 Å². The zero-order valence-corrected chi connectivity index (χ0v) is 27.8. The Bertz CT molecular complexity index is 1460.